The molecule has 1 fully saturated rings. The van der Waals surface area contributed by atoms with E-state index in [1.54, 1.807) is 6.08 Å². The number of aryl methyl sites for hydroxylation is 1. The van der Waals surface area contributed by atoms with Gasteiger partial charge in [-0.05, 0) is 42.4 Å². The third kappa shape index (κ3) is 5.39. The number of amides is 2. The van der Waals surface area contributed by atoms with Crippen LogP contribution in [0.2, 0.25) is 0 Å². The molecular weight excluding hydrogens is 400 g/mol. The van der Waals surface area contributed by atoms with Crippen LogP contribution >= 0.6 is 0 Å². The van der Waals surface area contributed by atoms with E-state index in [1.165, 1.54) is 0 Å². The highest BCUT2D eigenvalue weighted by Gasteiger charge is 2.54. The minimum atomic E-state index is -1.26. The monoisotopic (exact) mass is 430 g/mol. The first kappa shape index (κ1) is 23.1. The Morgan fingerprint density at radius 1 is 1.10 bits per heavy atom. The normalized spacial score (nSPS) is 21.5. The highest BCUT2D eigenvalue weighted by Crippen LogP contribution is 2.30. The summed E-state index contributed by atoms with van der Waals surface area (Å²) in [5.74, 6) is -1.38. The molecule has 1 aliphatic heterocycles. The maximum absolute atomic E-state index is 12.8. The molecule has 1 heterocycles. The van der Waals surface area contributed by atoms with Crippen molar-refractivity contribution in [1.29, 1.82) is 0 Å². The molecule has 8 heteroatoms. The van der Waals surface area contributed by atoms with Gasteiger partial charge in [-0.25, -0.2) is 0 Å². The van der Waals surface area contributed by atoms with Gasteiger partial charge in [0.15, 0.2) is 11.4 Å². The molecule has 0 aromatic heterocycles. The molecule has 0 radical (unpaired) electrons. The van der Waals surface area contributed by atoms with Crippen molar-refractivity contribution < 1.29 is 29.3 Å². The third-order valence-electron chi connectivity index (χ3n) is 5.68. The van der Waals surface area contributed by atoms with Crippen LogP contribution in [-0.2, 0) is 25.5 Å². The Kier molecular flexibility index (Phi) is 7.25. The molecule has 0 saturated carbocycles. The Hall–Kier alpha value is -2.55. The average molecular weight is 431 g/mol. The van der Waals surface area contributed by atoms with Crippen molar-refractivity contribution in [2.75, 3.05) is 19.8 Å². The molecular formula is C23H30N2O6. The fourth-order valence-corrected chi connectivity index (χ4v) is 3.75. The lowest BCUT2D eigenvalue weighted by molar-refractivity contribution is -0.134. The first-order valence-electron chi connectivity index (χ1n) is 10.6. The van der Waals surface area contributed by atoms with Gasteiger partial charge in [0.2, 0.25) is 11.8 Å². The van der Waals surface area contributed by atoms with E-state index < -0.39 is 48.5 Å². The molecule has 168 valence electrons. The number of ether oxygens (including phenoxy) is 1. The van der Waals surface area contributed by atoms with Crippen molar-refractivity contribution in [3.05, 3.63) is 41.0 Å². The van der Waals surface area contributed by atoms with Crippen LogP contribution in [-0.4, -0.2) is 65.3 Å². The number of Topliss-reactive ketones (excluding diaryl/α,β-unsaturated/α-hetero) is 1. The molecule has 1 saturated heterocycles. The van der Waals surface area contributed by atoms with Crippen molar-refractivity contribution in [2.24, 2.45) is 5.92 Å². The fraction of sp³-hybridized carbons (Fsp3) is 0.522. The maximum atomic E-state index is 12.8. The zero-order valence-electron chi connectivity index (χ0n) is 17.9. The average Bonchev–Trinajstić information content (AvgIpc) is 3.56. The van der Waals surface area contributed by atoms with Crippen molar-refractivity contribution in [3.63, 3.8) is 0 Å². The first-order valence-corrected chi connectivity index (χ1v) is 10.6. The van der Waals surface area contributed by atoms with E-state index in [4.69, 9.17) is 4.74 Å². The van der Waals surface area contributed by atoms with Crippen LogP contribution < -0.4 is 10.6 Å². The Balaban J connectivity index is 1.66. The van der Waals surface area contributed by atoms with Crippen LogP contribution in [0.25, 0.3) is 6.08 Å². The van der Waals surface area contributed by atoms with E-state index in [9.17, 15) is 24.6 Å². The molecule has 8 nitrogen and oxygen atoms in total. The number of aliphatic hydroxyl groups excluding tert-OH is 2. The summed E-state index contributed by atoms with van der Waals surface area (Å²) in [5, 5.41) is 24.4. The van der Waals surface area contributed by atoms with Crippen molar-refractivity contribution in [2.45, 2.75) is 50.8 Å². The Labute approximate surface area is 181 Å². The maximum Gasteiger partial charge on any atom is 0.247 e. The fourth-order valence-electron chi connectivity index (χ4n) is 3.75. The second-order valence-corrected chi connectivity index (χ2v) is 8.57. The lowest BCUT2D eigenvalue weighted by Crippen LogP contribution is -2.55. The van der Waals surface area contributed by atoms with E-state index >= 15 is 0 Å². The number of carbonyl (C=O) groups excluding carboxylic acids is 3. The Morgan fingerprint density at radius 3 is 2.42 bits per heavy atom. The number of fused-ring (bicyclic) bond motifs is 1. The quantitative estimate of drug-likeness (QED) is 0.397. The lowest BCUT2D eigenvalue weighted by atomic mass is 9.91. The van der Waals surface area contributed by atoms with Gasteiger partial charge in [0, 0.05) is 5.57 Å². The van der Waals surface area contributed by atoms with Gasteiger partial charge in [-0.2, -0.15) is 0 Å². The van der Waals surface area contributed by atoms with Crippen molar-refractivity contribution in [1.82, 2.24) is 10.6 Å². The predicted octanol–water partition coefficient (Wildman–Crippen LogP) is 0.355. The van der Waals surface area contributed by atoms with E-state index in [1.807, 2.05) is 38.1 Å². The molecule has 2 aliphatic rings. The van der Waals surface area contributed by atoms with Crippen LogP contribution in [0.4, 0.5) is 0 Å². The summed E-state index contributed by atoms with van der Waals surface area (Å²) in [5.41, 5.74) is 1.40. The molecule has 0 spiro atoms. The van der Waals surface area contributed by atoms with Gasteiger partial charge in [-0.15, -0.1) is 0 Å². The largest absolute Gasteiger partial charge is 0.394 e. The van der Waals surface area contributed by atoms with Crippen LogP contribution in [0.15, 0.2) is 29.8 Å². The van der Waals surface area contributed by atoms with Crippen molar-refractivity contribution in [3.8, 4) is 0 Å². The van der Waals surface area contributed by atoms with Gasteiger partial charge in [0.25, 0.3) is 0 Å². The van der Waals surface area contributed by atoms with Crippen LogP contribution in [0.5, 0.6) is 0 Å². The summed E-state index contributed by atoms with van der Waals surface area (Å²) in [7, 11) is 0. The van der Waals surface area contributed by atoms with Gasteiger partial charge in [0.05, 0.1) is 25.9 Å². The minimum absolute atomic E-state index is 0.0957. The molecule has 2 amide bonds. The van der Waals surface area contributed by atoms with Crippen LogP contribution in [0.3, 0.4) is 0 Å². The van der Waals surface area contributed by atoms with Gasteiger partial charge in [0.1, 0.15) is 6.04 Å². The van der Waals surface area contributed by atoms with Crippen molar-refractivity contribution >= 4 is 23.7 Å². The number of carbonyl (C=O) groups is 3. The second kappa shape index (κ2) is 9.72. The van der Waals surface area contributed by atoms with E-state index in [2.05, 4.69) is 10.6 Å². The zero-order valence-corrected chi connectivity index (χ0v) is 17.9. The third-order valence-corrected chi connectivity index (χ3v) is 5.68. The molecule has 1 aromatic rings. The molecule has 1 aromatic carbocycles. The first-order chi connectivity index (χ1) is 14.8. The number of ketones is 1. The number of aliphatic hydroxyl groups is 2. The molecule has 0 bridgehead atoms. The van der Waals surface area contributed by atoms with Gasteiger partial charge < -0.3 is 25.6 Å². The summed E-state index contributed by atoms with van der Waals surface area (Å²) < 4.78 is 5.13. The standard InChI is InChI=1S/C23H30N2O6/c1-14(2)9-18(20(28)23(12-27)13-31-23)24-22(30)19(11-26)25-21(29)17-8-7-15-5-3-4-6-16(15)10-17/h3-6,10,14,18-19,26-27H,7-9,11-13H2,1-2H3,(H,24,30)(H,25,29)/t18?,19-,23?/m0/s1. The second-order valence-electron chi connectivity index (χ2n) is 8.57. The molecule has 3 rings (SSSR count). The number of benzene rings is 1. The van der Waals surface area contributed by atoms with E-state index in [0.29, 0.717) is 18.4 Å². The van der Waals surface area contributed by atoms with E-state index in [0.717, 1.165) is 17.5 Å². The SMILES string of the molecule is CC(C)CC(NC(=O)[C@H](CO)NC(=O)C1=Cc2ccccc2CC1)C(=O)C1(CO)CO1. The lowest BCUT2D eigenvalue weighted by Gasteiger charge is -2.25. The summed E-state index contributed by atoms with van der Waals surface area (Å²) in [6, 6.07) is 5.71. The molecule has 1 aliphatic carbocycles. The van der Waals surface area contributed by atoms with Crippen LogP contribution in [0.1, 0.15) is 37.8 Å². The number of nitrogens with one attached hydrogen (secondary N) is 2. The number of epoxide rings is 1. The number of hydrogen-bond acceptors (Lipinski definition) is 6. The molecule has 4 N–H and O–H groups in total. The highest BCUT2D eigenvalue weighted by molar-refractivity contribution is 6.02. The summed E-state index contributed by atoms with van der Waals surface area (Å²) in [6.45, 7) is 2.87. The number of hydrogen-bond donors (Lipinski definition) is 4. The Bertz CT molecular complexity index is 875. The highest BCUT2D eigenvalue weighted by atomic mass is 16.6. The smallest absolute Gasteiger partial charge is 0.247 e. The predicted molar refractivity (Wildman–Crippen MR) is 114 cm³/mol. The van der Waals surface area contributed by atoms with Gasteiger partial charge >= 0.3 is 0 Å². The van der Waals surface area contributed by atoms with Gasteiger partial charge in [-0.1, -0.05) is 38.1 Å². The van der Waals surface area contributed by atoms with Crippen LogP contribution in [0, 0.1) is 5.92 Å². The summed E-state index contributed by atoms with van der Waals surface area (Å²) >= 11 is 0. The topological polar surface area (TPSA) is 128 Å². The molecule has 3 atom stereocenters. The van der Waals surface area contributed by atoms with E-state index in [-0.39, 0.29) is 12.5 Å². The summed E-state index contributed by atoms with van der Waals surface area (Å²) in [6.07, 6.45) is 3.40. The molecule has 31 heavy (non-hydrogen) atoms. The van der Waals surface area contributed by atoms with Gasteiger partial charge in [-0.3, -0.25) is 14.4 Å². The molecule has 2 unspecified atom stereocenters. The Morgan fingerprint density at radius 2 is 1.81 bits per heavy atom. The number of rotatable bonds is 10. The summed E-state index contributed by atoms with van der Waals surface area (Å²) in [4.78, 5) is 38.2. The minimum Gasteiger partial charge on any atom is -0.394 e. The zero-order chi connectivity index (χ0) is 22.6.